The van der Waals surface area contributed by atoms with Gasteiger partial charge >= 0.3 is 0 Å². The topological polar surface area (TPSA) is 58.6 Å². The molecule has 5 nitrogen and oxygen atoms in total. The number of amides is 2. The molecule has 2 amide bonds. The molecule has 1 saturated carbocycles. The molecule has 0 aromatic heterocycles. The number of carbonyl (C=O) groups excluding carboxylic acids is 2. The molecular weight excluding hydrogens is 540 g/mol. The average molecular weight is 578 g/mol. The van der Waals surface area contributed by atoms with E-state index in [2.05, 4.69) is 42.0 Å². The Morgan fingerprint density at radius 2 is 1.78 bits per heavy atom. The van der Waals surface area contributed by atoms with E-state index in [4.69, 9.17) is 16.3 Å². The zero-order valence-corrected chi connectivity index (χ0v) is 24.1. The number of hydrogen-bond donors (Lipinski definition) is 1. The highest BCUT2D eigenvalue weighted by Crippen LogP contribution is 2.31. The van der Waals surface area contributed by atoms with Gasteiger partial charge in [-0.3, -0.25) is 9.59 Å². The van der Waals surface area contributed by atoms with E-state index in [0.717, 1.165) is 35.7 Å². The summed E-state index contributed by atoms with van der Waals surface area (Å²) < 4.78 is 6.74. The zero-order valence-electron chi connectivity index (χ0n) is 21.8. The van der Waals surface area contributed by atoms with Crippen LogP contribution < -0.4 is 10.1 Å². The molecule has 0 unspecified atom stereocenters. The van der Waals surface area contributed by atoms with Crippen LogP contribution in [0.25, 0.3) is 0 Å². The van der Waals surface area contributed by atoms with Gasteiger partial charge < -0.3 is 15.0 Å². The predicted molar refractivity (Wildman–Crippen MR) is 149 cm³/mol. The van der Waals surface area contributed by atoms with Crippen LogP contribution in [0.4, 0.5) is 0 Å². The molecule has 7 heteroatoms. The Morgan fingerprint density at radius 3 is 2.36 bits per heavy atom. The van der Waals surface area contributed by atoms with Crippen LogP contribution in [0.15, 0.2) is 46.9 Å². The first kappa shape index (κ1) is 28.5. The van der Waals surface area contributed by atoms with E-state index in [9.17, 15) is 9.59 Å². The maximum atomic E-state index is 13.5. The number of nitrogens with zero attached hydrogens (tertiary/aromatic N) is 1. The van der Waals surface area contributed by atoms with E-state index in [-0.39, 0.29) is 29.9 Å². The lowest BCUT2D eigenvalue weighted by Crippen LogP contribution is -2.52. The van der Waals surface area contributed by atoms with Crippen molar-refractivity contribution in [3.63, 3.8) is 0 Å². The molecule has 1 atom stereocenters. The maximum Gasteiger partial charge on any atom is 0.261 e. The van der Waals surface area contributed by atoms with Crippen molar-refractivity contribution in [3.8, 4) is 5.75 Å². The lowest BCUT2D eigenvalue weighted by molar-refractivity contribution is -0.143. The summed E-state index contributed by atoms with van der Waals surface area (Å²) in [4.78, 5) is 28.5. The normalized spacial score (nSPS) is 15.3. The summed E-state index contributed by atoms with van der Waals surface area (Å²) >= 11 is 9.64. The van der Waals surface area contributed by atoms with Crippen LogP contribution >= 0.6 is 27.5 Å². The SMILES string of the molecule is CC[C@H](C(=O)NC1CCCCC1)N(Cc1ccc(Cl)cc1)C(=O)COc1ccc(C(C)(C)C)cc1Br. The maximum absolute atomic E-state index is 13.5. The van der Waals surface area contributed by atoms with Crippen LogP contribution in [0.2, 0.25) is 5.02 Å². The van der Waals surface area contributed by atoms with E-state index in [1.165, 1.54) is 12.0 Å². The summed E-state index contributed by atoms with van der Waals surface area (Å²) in [5.74, 6) is 0.271. The second kappa shape index (κ2) is 13.0. The van der Waals surface area contributed by atoms with Crippen LogP contribution in [0.1, 0.15) is 77.3 Å². The summed E-state index contributed by atoms with van der Waals surface area (Å²) in [6.45, 7) is 8.54. The Morgan fingerprint density at radius 1 is 1.11 bits per heavy atom. The van der Waals surface area contributed by atoms with Gasteiger partial charge in [-0.25, -0.2) is 0 Å². The van der Waals surface area contributed by atoms with E-state index in [1.807, 2.05) is 37.3 Å². The van der Waals surface area contributed by atoms with Crippen molar-refractivity contribution in [2.24, 2.45) is 0 Å². The van der Waals surface area contributed by atoms with Crippen LogP contribution in [0.3, 0.4) is 0 Å². The summed E-state index contributed by atoms with van der Waals surface area (Å²) in [6.07, 6.45) is 5.98. The molecule has 0 heterocycles. The van der Waals surface area contributed by atoms with E-state index >= 15 is 0 Å². The third-order valence-electron chi connectivity index (χ3n) is 6.75. The number of halogens is 2. The molecule has 0 saturated heterocycles. The summed E-state index contributed by atoms with van der Waals surface area (Å²) in [7, 11) is 0. The molecule has 1 aliphatic carbocycles. The second-order valence-electron chi connectivity index (χ2n) is 10.6. The highest BCUT2D eigenvalue weighted by molar-refractivity contribution is 9.10. The Balaban J connectivity index is 1.76. The van der Waals surface area contributed by atoms with Crippen molar-refractivity contribution < 1.29 is 14.3 Å². The molecule has 2 aromatic carbocycles. The number of carbonyl (C=O) groups is 2. The lowest BCUT2D eigenvalue weighted by atomic mass is 9.87. The number of ether oxygens (including phenoxy) is 1. The molecule has 2 aromatic rings. The van der Waals surface area contributed by atoms with Crippen LogP contribution in [-0.4, -0.2) is 35.4 Å². The molecule has 0 radical (unpaired) electrons. The standard InChI is InChI=1S/C29H38BrClN2O3/c1-5-25(28(35)32-23-9-7-6-8-10-23)33(18-20-11-14-22(31)15-12-20)27(34)19-36-26-16-13-21(17-24(26)30)29(2,3)4/h11-17,23,25H,5-10,18-19H2,1-4H3,(H,32,35)/t25-/m1/s1. The van der Waals surface area contributed by atoms with Gasteiger partial charge in [0.25, 0.3) is 5.91 Å². The molecule has 0 spiro atoms. The minimum atomic E-state index is -0.578. The minimum absolute atomic E-state index is 0.00624. The highest BCUT2D eigenvalue weighted by atomic mass is 79.9. The fraction of sp³-hybridized carbons (Fsp3) is 0.517. The second-order valence-corrected chi connectivity index (χ2v) is 11.9. The van der Waals surface area contributed by atoms with Gasteiger partial charge in [-0.1, -0.05) is 76.8 Å². The quantitative estimate of drug-likeness (QED) is 0.348. The van der Waals surface area contributed by atoms with Gasteiger partial charge in [0.05, 0.1) is 4.47 Å². The van der Waals surface area contributed by atoms with Gasteiger partial charge in [0, 0.05) is 17.6 Å². The zero-order chi connectivity index (χ0) is 26.3. The van der Waals surface area contributed by atoms with Crippen molar-refractivity contribution in [2.45, 2.75) is 90.3 Å². The van der Waals surface area contributed by atoms with E-state index in [1.54, 1.807) is 17.0 Å². The Kier molecular flexibility index (Phi) is 10.3. The first-order chi connectivity index (χ1) is 17.1. The van der Waals surface area contributed by atoms with Crippen LogP contribution in [-0.2, 0) is 21.5 Å². The Labute approximate surface area is 229 Å². The van der Waals surface area contributed by atoms with Gasteiger partial charge in [-0.2, -0.15) is 0 Å². The molecule has 3 rings (SSSR count). The van der Waals surface area contributed by atoms with Crippen molar-refractivity contribution in [1.82, 2.24) is 10.2 Å². The minimum Gasteiger partial charge on any atom is -0.483 e. The van der Waals surface area contributed by atoms with Gasteiger partial charge in [0.1, 0.15) is 11.8 Å². The molecule has 0 aliphatic heterocycles. The first-order valence-electron chi connectivity index (χ1n) is 12.9. The van der Waals surface area contributed by atoms with Gasteiger partial charge in [0.15, 0.2) is 6.61 Å². The van der Waals surface area contributed by atoms with E-state index in [0.29, 0.717) is 23.7 Å². The van der Waals surface area contributed by atoms with Crippen molar-refractivity contribution in [3.05, 3.63) is 63.1 Å². The van der Waals surface area contributed by atoms with Crippen LogP contribution in [0, 0.1) is 0 Å². The first-order valence-corrected chi connectivity index (χ1v) is 14.0. The van der Waals surface area contributed by atoms with Crippen LogP contribution in [0.5, 0.6) is 5.75 Å². The number of benzene rings is 2. The van der Waals surface area contributed by atoms with Crippen molar-refractivity contribution in [2.75, 3.05) is 6.61 Å². The molecule has 1 N–H and O–H groups in total. The Bertz CT molecular complexity index is 1030. The number of rotatable bonds is 9. The molecule has 196 valence electrons. The third kappa shape index (κ3) is 7.97. The smallest absolute Gasteiger partial charge is 0.261 e. The Hall–Kier alpha value is -2.05. The lowest BCUT2D eigenvalue weighted by Gasteiger charge is -2.32. The predicted octanol–water partition coefficient (Wildman–Crippen LogP) is 7.04. The molecule has 36 heavy (non-hydrogen) atoms. The van der Waals surface area contributed by atoms with Crippen molar-refractivity contribution in [1.29, 1.82) is 0 Å². The third-order valence-corrected chi connectivity index (χ3v) is 7.62. The summed E-state index contributed by atoms with van der Waals surface area (Å²) in [5.41, 5.74) is 2.09. The molecular formula is C29H38BrClN2O3. The monoisotopic (exact) mass is 576 g/mol. The summed E-state index contributed by atoms with van der Waals surface area (Å²) in [5, 5.41) is 3.83. The number of hydrogen-bond acceptors (Lipinski definition) is 3. The van der Waals surface area contributed by atoms with Gasteiger partial charge in [-0.15, -0.1) is 0 Å². The van der Waals surface area contributed by atoms with Gasteiger partial charge in [-0.05, 0) is 76.0 Å². The average Bonchev–Trinajstić information content (AvgIpc) is 2.84. The van der Waals surface area contributed by atoms with Gasteiger partial charge in [0.2, 0.25) is 5.91 Å². The molecule has 0 bridgehead atoms. The van der Waals surface area contributed by atoms with Crippen molar-refractivity contribution >= 4 is 39.3 Å². The fourth-order valence-corrected chi connectivity index (χ4v) is 5.18. The highest BCUT2D eigenvalue weighted by Gasteiger charge is 2.30. The van der Waals surface area contributed by atoms with E-state index < -0.39 is 6.04 Å². The largest absolute Gasteiger partial charge is 0.483 e. The number of nitrogens with one attached hydrogen (secondary N) is 1. The molecule has 1 fully saturated rings. The molecule has 1 aliphatic rings. The fourth-order valence-electron chi connectivity index (χ4n) is 4.56. The summed E-state index contributed by atoms with van der Waals surface area (Å²) in [6, 6.07) is 12.9.